The molecule has 2 aromatic carbocycles. The topological polar surface area (TPSA) is 66.5 Å². The highest BCUT2D eigenvalue weighted by atomic mass is 35.5. The maximum absolute atomic E-state index is 13.1. The number of rotatable bonds is 6. The second kappa shape index (κ2) is 9.31. The molecule has 0 aromatic heterocycles. The summed E-state index contributed by atoms with van der Waals surface area (Å²) in [4.78, 5) is 13.4. The van der Waals surface area contributed by atoms with Gasteiger partial charge in [-0.1, -0.05) is 47.9 Å². The van der Waals surface area contributed by atoms with Crippen LogP contribution in [0, 0.1) is 18.8 Å². The van der Waals surface area contributed by atoms with Crippen LogP contribution in [0.5, 0.6) is 0 Å². The first-order chi connectivity index (χ1) is 14.8. The number of benzene rings is 2. The molecule has 31 heavy (non-hydrogen) atoms. The van der Waals surface area contributed by atoms with Gasteiger partial charge in [0.15, 0.2) is 0 Å². The van der Waals surface area contributed by atoms with E-state index in [0.717, 1.165) is 24.0 Å². The summed E-state index contributed by atoms with van der Waals surface area (Å²) in [5.74, 6) is 0.311. The Balaban J connectivity index is 1.39. The van der Waals surface area contributed by atoms with Gasteiger partial charge in [0.05, 0.1) is 10.9 Å². The van der Waals surface area contributed by atoms with Crippen LogP contribution in [-0.2, 0) is 14.8 Å². The van der Waals surface area contributed by atoms with E-state index in [-0.39, 0.29) is 17.9 Å². The number of carbonyl (C=O) groups is 1. The first kappa shape index (κ1) is 22.3. The van der Waals surface area contributed by atoms with Crippen LogP contribution in [-0.4, -0.2) is 31.7 Å². The molecule has 5 nitrogen and oxygen atoms in total. The van der Waals surface area contributed by atoms with Crippen LogP contribution in [0.25, 0.3) is 0 Å². The summed E-state index contributed by atoms with van der Waals surface area (Å²) in [6.07, 6.45) is 4.49. The van der Waals surface area contributed by atoms with Gasteiger partial charge in [0.25, 0.3) is 0 Å². The van der Waals surface area contributed by atoms with Crippen molar-refractivity contribution in [2.24, 2.45) is 11.8 Å². The maximum atomic E-state index is 13.1. The first-order valence-electron chi connectivity index (χ1n) is 11.0. The molecule has 1 atom stereocenters. The van der Waals surface area contributed by atoms with Crippen LogP contribution in [0.1, 0.15) is 49.3 Å². The van der Waals surface area contributed by atoms with Gasteiger partial charge >= 0.3 is 0 Å². The van der Waals surface area contributed by atoms with E-state index in [0.29, 0.717) is 41.8 Å². The van der Waals surface area contributed by atoms with Gasteiger partial charge in [-0.15, -0.1) is 0 Å². The van der Waals surface area contributed by atoms with E-state index in [2.05, 4.69) is 5.32 Å². The molecule has 1 aliphatic heterocycles. The van der Waals surface area contributed by atoms with E-state index < -0.39 is 10.0 Å². The fraction of sp³-hybridized carbons (Fsp3) is 0.458. The summed E-state index contributed by atoms with van der Waals surface area (Å²) in [5, 5.41) is 3.95. The quantitative estimate of drug-likeness (QED) is 0.679. The Morgan fingerprint density at radius 2 is 1.61 bits per heavy atom. The van der Waals surface area contributed by atoms with E-state index in [9.17, 15) is 13.2 Å². The molecule has 1 saturated carbocycles. The Morgan fingerprint density at radius 3 is 2.16 bits per heavy atom. The van der Waals surface area contributed by atoms with Crippen molar-refractivity contribution in [3.8, 4) is 0 Å². The Morgan fingerprint density at radius 1 is 1.00 bits per heavy atom. The normalized spacial score (nSPS) is 19.5. The molecule has 7 heteroatoms. The molecule has 1 saturated heterocycles. The monoisotopic (exact) mass is 460 g/mol. The number of hydrogen-bond donors (Lipinski definition) is 1. The Labute approximate surface area is 189 Å². The Kier molecular flexibility index (Phi) is 6.70. The molecule has 2 aromatic rings. The van der Waals surface area contributed by atoms with Crippen molar-refractivity contribution in [2.45, 2.75) is 50.0 Å². The molecule has 166 valence electrons. The molecule has 1 aliphatic carbocycles. The summed E-state index contributed by atoms with van der Waals surface area (Å²) in [6, 6.07) is 14.6. The van der Waals surface area contributed by atoms with E-state index in [4.69, 9.17) is 11.6 Å². The lowest BCUT2D eigenvalue weighted by Gasteiger charge is -2.36. The van der Waals surface area contributed by atoms with E-state index in [1.807, 2.05) is 43.3 Å². The van der Waals surface area contributed by atoms with Gasteiger partial charge in [0, 0.05) is 24.0 Å². The lowest BCUT2D eigenvalue weighted by Crippen LogP contribution is -2.45. The van der Waals surface area contributed by atoms with Crippen molar-refractivity contribution in [3.63, 3.8) is 0 Å². The second-order valence-electron chi connectivity index (χ2n) is 8.72. The number of hydrogen-bond acceptors (Lipinski definition) is 3. The predicted molar refractivity (Wildman–Crippen MR) is 122 cm³/mol. The number of piperidine rings is 1. The van der Waals surface area contributed by atoms with Gasteiger partial charge in [0.2, 0.25) is 15.9 Å². The zero-order valence-corrected chi connectivity index (χ0v) is 19.3. The van der Waals surface area contributed by atoms with Gasteiger partial charge in [-0.25, -0.2) is 8.42 Å². The molecule has 4 rings (SSSR count). The lowest BCUT2D eigenvalue weighted by molar-refractivity contribution is -0.127. The van der Waals surface area contributed by atoms with Crippen molar-refractivity contribution >= 4 is 27.5 Å². The van der Waals surface area contributed by atoms with Gasteiger partial charge in [-0.2, -0.15) is 4.31 Å². The van der Waals surface area contributed by atoms with Gasteiger partial charge < -0.3 is 5.32 Å². The van der Waals surface area contributed by atoms with Crippen molar-refractivity contribution in [3.05, 3.63) is 64.7 Å². The van der Waals surface area contributed by atoms with Gasteiger partial charge in [-0.3, -0.25) is 4.79 Å². The van der Waals surface area contributed by atoms with Crippen LogP contribution >= 0.6 is 11.6 Å². The van der Waals surface area contributed by atoms with E-state index in [1.165, 1.54) is 10.7 Å². The number of nitrogens with one attached hydrogen (secondary N) is 1. The minimum atomic E-state index is -3.52. The molecule has 1 amide bonds. The summed E-state index contributed by atoms with van der Waals surface area (Å²) >= 11 is 6.03. The number of amides is 1. The van der Waals surface area contributed by atoms with Crippen LogP contribution in [0.2, 0.25) is 5.02 Å². The number of aryl methyl sites for hydroxylation is 1. The molecular weight excluding hydrogens is 432 g/mol. The van der Waals surface area contributed by atoms with Gasteiger partial charge in [0.1, 0.15) is 0 Å². The number of nitrogens with zero attached hydrogens (tertiary/aromatic N) is 1. The Hall–Kier alpha value is -1.89. The molecule has 0 radical (unpaired) electrons. The molecule has 0 spiro atoms. The fourth-order valence-electron chi connectivity index (χ4n) is 4.41. The number of carbonyl (C=O) groups excluding carboxylic acids is 1. The zero-order valence-electron chi connectivity index (χ0n) is 17.8. The smallest absolute Gasteiger partial charge is 0.243 e. The first-order valence-corrected chi connectivity index (χ1v) is 12.8. The summed E-state index contributed by atoms with van der Waals surface area (Å²) in [5.41, 5.74) is 2.11. The highest BCUT2D eigenvalue weighted by Gasteiger charge is 2.35. The largest absolute Gasteiger partial charge is 0.349 e. The molecule has 1 heterocycles. The molecule has 1 unspecified atom stereocenters. The zero-order chi connectivity index (χ0) is 22.0. The minimum absolute atomic E-state index is 0.00663. The van der Waals surface area contributed by atoms with Crippen molar-refractivity contribution in [2.75, 3.05) is 13.1 Å². The molecule has 2 aliphatic rings. The number of halogens is 1. The van der Waals surface area contributed by atoms with Crippen molar-refractivity contribution in [1.82, 2.24) is 9.62 Å². The second-order valence-corrected chi connectivity index (χ2v) is 11.1. The third-order valence-electron chi connectivity index (χ3n) is 6.63. The Bertz CT molecular complexity index is 1010. The van der Waals surface area contributed by atoms with Crippen molar-refractivity contribution in [1.29, 1.82) is 0 Å². The van der Waals surface area contributed by atoms with E-state index >= 15 is 0 Å². The van der Waals surface area contributed by atoms with Gasteiger partial charge in [-0.05, 0) is 68.4 Å². The van der Waals surface area contributed by atoms with E-state index in [1.54, 1.807) is 12.1 Å². The number of sulfonamides is 1. The molecular formula is C24H29ClN2O3S. The highest BCUT2D eigenvalue weighted by Crippen LogP contribution is 2.38. The molecule has 0 bridgehead atoms. The van der Waals surface area contributed by atoms with Crippen LogP contribution in [0.15, 0.2) is 53.4 Å². The summed E-state index contributed by atoms with van der Waals surface area (Å²) in [7, 11) is -3.52. The average Bonchev–Trinajstić information content (AvgIpc) is 2.73. The third-order valence-corrected chi connectivity index (χ3v) is 8.80. The summed E-state index contributed by atoms with van der Waals surface area (Å²) in [6.45, 7) is 2.66. The summed E-state index contributed by atoms with van der Waals surface area (Å²) < 4.78 is 27.3. The van der Waals surface area contributed by atoms with Crippen LogP contribution in [0.4, 0.5) is 0 Å². The predicted octanol–water partition coefficient (Wildman–Crippen LogP) is 4.71. The average molecular weight is 461 g/mol. The van der Waals surface area contributed by atoms with Crippen LogP contribution in [0.3, 0.4) is 0 Å². The fourth-order valence-corrected chi connectivity index (χ4v) is 6.00. The highest BCUT2D eigenvalue weighted by molar-refractivity contribution is 7.89. The lowest BCUT2D eigenvalue weighted by atomic mass is 9.77. The maximum Gasteiger partial charge on any atom is 0.243 e. The molecule has 1 N–H and O–H groups in total. The van der Waals surface area contributed by atoms with Crippen LogP contribution < -0.4 is 5.32 Å². The SMILES string of the molecule is Cc1ccc(S(=O)(=O)N2CCC(C(=O)NC(c3ccc(Cl)cc3)C3CCC3)CC2)cc1. The minimum Gasteiger partial charge on any atom is -0.349 e. The third kappa shape index (κ3) is 4.97. The molecule has 2 fully saturated rings. The van der Waals surface area contributed by atoms with Crippen molar-refractivity contribution < 1.29 is 13.2 Å². The standard InChI is InChI=1S/C24H29ClN2O3S/c1-17-5-11-22(12-6-17)31(29,30)27-15-13-20(14-16-27)24(28)26-23(18-3-2-4-18)19-7-9-21(25)10-8-19/h5-12,18,20,23H,2-4,13-16H2,1H3,(H,26,28).